The van der Waals surface area contributed by atoms with E-state index in [1.54, 1.807) is 0 Å². The number of rotatable bonds is 3. The number of hydrogen-bond acceptors (Lipinski definition) is 2. The second-order valence-corrected chi connectivity index (χ2v) is 1.64. The van der Waals surface area contributed by atoms with Gasteiger partial charge in [-0.3, -0.25) is 4.79 Å². The Bertz CT molecular complexity index is 160. The number of carbonyl (C=O) groups is 2. The Kier molecular flexibility index (Phi) is 3.86. The average molecular weight is 143 g/mol. The molecule has 0 aromatic rings. The van der Waals surface area contributed by atoms with Crippen LogP contribution in [0.15, 0.2) is 4.99 Å². The Morgan fingerprint density at radius 1 is 1.50 bits per heavy atom. The predicted octanol–water partition coefficient (Wildman–Crippen LogP) is -1.23. The van der Waals surface area contributed by atoms with Crippen LogP contribution in [0.1, 0.15) is 12.8 Å². The molecule has 0 saturated heterocycles. The van der Waals surface area contributed by atoms with E-state index in [0.29, 0.717) is 6.29 Å². The molecule has 0 spiro atoms. The number of aliphatic imine (C=N–C) groups is 1. The molecule has 0 heterocycles. The number of guanidine groups is 1. The van der Waals surface area contributed by atoms with Gasteiger partial charge >= 0.3 is 0 Å². The lowest BCUT2D eigenvalue weighted by molar-refractivity contribution is -0.119. The van der Waals surface area contributed by atoms with Crippen molar-refractivity contribution < 1.29 is 9.59 Å². The summed E-state index contributed by atoms with van der Waals surface area (Å²) in [4.78, 5) is 23.4. The van der Waals surface area contributed by atoms with Crippen LogP contribution in [-0.4, -0.2) is 18.2 Å². The van der Waals surface area contributed by atoms with Crippen LogP contribution in [0.4, 0.5) is 0 Å². The third-order valence-corrected chi connectivity index (χ3v) is 0.730. The summed E-state index contributed by atoms with van der Waals surface area (Å²) in [6.07, 6.45) is 0.872. The van der Waals surface area contributed by atoms with Gasteiger partial charge in [0.15, 0.2) is 5.96 Å². The maximum absolute atomic E-state index is 10.5. The summed E-state index contributed by atoms with van der Waals surface area (Å²) in [6, 6.07) is 0. The van der Waals surface area contributed by atoms with E-state index in [-0.39, 0.29) is 18.8 Å². The maximum atomic E-state index is 10.5. The number of amides is 1. The molecular weight excluding hydrogens is 134 g/mol. The predicted molar refractivity (Wildman–Crippen MR) is 36.1 cm³/mol. The third kappa shape index (κ3) is 4.76. The minimum Gasteiger partial charge on any atom is -0.370 e. The van der Waals surface area contributed by atoms with Gasteiger partial charge < -0.3 is 16.3 Å². The lowest BCUT2D eigenvalue weighted by Crippen LogP contribution is -2.24. The summed E-state index contributed by atoms with van der Waals surface area (Å²) in [5.74, 6) is -0.733. The number of nitrogens with zero attached hydrogens (tertiary/aromatic N) is 1. The van der Waals surface area contributed by atoms with Crippen LogP contribution >= 0.6 is 0 Å². The molecule has 0 fully saturated rings. The van der Waals surface area contributed by atoms with E-state index < -0.39 is 5.91 Å². The van der Waals surface area contributed by atoms with Crippen molar-refractivity contribution >= 4 is 18.2 Å². The fourth-order valence-electron chi connectivity index (χ4n) is 0.382. The maximum Gasteiger partial charge on any atom is 0.249 e. The molecule has 0 radical (unpaired) electrons. The summed E-state index contributed by atoms with van der Waals surface area (Å²) >= 11 is 0. The van der Waals surface area contributed by atoms with Gasteiger partial charge in [0, 0.05) is 12.8 Å². The largest absolute Gasteiger partial charge is 0.370 e. The zero-order valence-electron chi connectivity index (χ0n) is 5.41. The molecule has 0 aliphatic rings. The van der Waals surface area contributed by atoms with E-state index in [0.717, 1.165) is 0 Å². The molecule has 0 atom stereocenters. The van der Waals surface area contributed by atoms with Crippen molar-refractivity contribution in [2.75, 3.05) is 0 Å². The molecule has 0 rings (SSSR count). The first-order valence-electron chi connectivity index (χ1n) is 2.73. The second-order valence-electron chi connectivity index (χ2n) is 1.64. The Labute approximate surface area is 58.1 Å². The SMILES string of the molecule is NC(N)=NC(=O)CCC=O. The Balaban J connectivity index is 3.64. The van der Waals surface area contributed by atoms with Crippen molar-refractivity contribution in [1.29, 1.82) is 0 Å². The van der Waals surface area contributed by atoms with Gasteiger partial charge in [-0.1, -0.05) is 0 Å². The fourth-order valence-corrected chi connectivity index (χ4v) is 0.382. The summed E-state index contributed by atoms with van der Waals surface area (Å²) < 4.78 is 0. The first-order valence-corrected chi connectivity index (χ1v) is 2.73. The lowest BCUT2D eigenvalue weighted by atomic mass is 10.3. The molecule has 0 unspecified atom stereocenters. The Morgan fingerprint density at radius 2 is 2.10 bits per heavy atom. The topological polar surface area (TPSA) is 98.5 Å². The van der Waals surface area contributed by atoms with Crippen molar-refractivity contribution in [2.24, 2.45) is 16.5 Å². The van der Waals surface area contributed by atoms with Crippen molar-refractivity contribution in [3.05, 3.63) is 0 Å². The molecule has 1 amide bonds. The van der Waals surface area contributed by atoms with Crippen LogP contribution in [0.2, 0.25) is 0 Å². The van der Waals surface area contributed by atoms with Crippen molar-refractivity contribution in [3.63, 3.8) is 0 Å². The van der Waals surface area contributed by atoms with Gasteiger partial charge in [-0.15, -0.1) is 0 Å². The van der Waals surface area contributed by atoms with Crippen LogP contribution in [0.25, 0.3) is 0 Å². The van der Waals surface area contributed by atoms with Crippen LogP contribution < -0.4 is 11.5 Å². The smallest absolute Gasteiger partial charge is 0.249 e. The van der Waals surface area contributed by atoms with Crippen molar-refractivity contribution in [3.8, 4) is 0 Å². The van der Waals surface area contributed by atoms with Crippen molar-refractivity contribution in [1.82, 2.24) is 0 Å². The van der Waals surface area contributed by atoms with Gasteiger partial charge in [-0.2, -0.15) is 4.99 Å². The first kappa shape index (κ1) is 8.61. The van der Waals surface area contributed by atoms with Gasteiger partial charge in [0.05, 0.1) is 0 Å². The fraction of sp³-hybridized carbons (Fsp3) is 0.400. The number of aldehydes is 1. The Morgan fingerprint density at radius 3 is 2.50 bits per heavy atom. The first-order chi connectivity index (χ1) is 4.66. The summed E-state index contributed by atoms with van der Waals surface area (Å²) in [6.45, 7) is 0. The molecule has 4 N–H and O–H groups in total. The van der Waals surface area contributed by atoms with Crippen LogP contribution in [0.3, 0.4) is 0 Å². The molecule has 0 aliphatic heterocycles. The zero-order chi connectivity index (χ0) is 7.98. The molecule has 0 aromatic carbocycles. The normalized spacial score (nSPS) is 8.40. The van der Waals surface area contributed by atoms with Gasteiger partial charge in [0.2, 0.25) is 5.91 Å². The molecule has 0 aliphatic carbocycles. The zero-order valence-corrected chi connectivity index (χ0v) is 5.41. The molecule has 0 bridgehead atoms. The number of nitrogens with two attached hydrogens (primary N) is 2. The molecule has 56 valence electrons. The van der Waals surface area contributed by atoms with E-state index in [9.17, 15) is 9.59 Å². The van der Waals surface area contributed by atoms with E-state index in [1.165, 1.54) is 0 Å². The monoisotopic (exact) mass is 143 g/mol. The Hall–Kier alpha value is -1.39. The molecule has 5 nitrogen and oxygen atoms in total. The van der Waals surface area contributed by atoms with Crippen LogP contribution in [0.5, 0.6) is 0 Å². The highest BCUT2D eigenvalue weighted by Gasteiger charge is 1.96. The van der Waals surface area contributed by atoms with E-state index in [1.807, 2.05) is 0 Å². The van der Waals surface area contributed by atoms with E-state index in [2.05, 4.69) is 4.99 Å². The highest BCUT2D eigenvalue weighted by molar-refractivity contribution is 5.91. The van der Waals surface area contributed by atoms with E-state index in [4.69, 9.17) is 11.5 Å². The van der Waals surface area contributed by atoms with Crippen molar-refractivity contribution in [2.45, 2.75) is 12.8 Å². The second kappa shape index (κ2) is 4.49. The quantitative estimate of drug-likeness (QED) is 0.293. The molecule has 10 heavy (non-hydrogen) atoms. The minimum absolute atomic E-state index is 0.0708. The van der Waals surface area contributed by atoms with Crippen LogP contribution in [-0.2, 0) is 9.59 Å². The standard InChI is InChI=1S/C5H9N3O2/c6-5(7)8-4(10)2-1-3-9/h3H,1-2H2,(H4,6,7,8,10). The highest BCUT2D eigenvalue weighted by Crippen LogP contribution is 1.87. The summed E-state index contributed by atoms with van der Waals surface area (Å²) in [5, 5.41) is 0. The summed E-state index contributed by atoms with van der Waals surface area (Å²) in [7, 11) is 0. The van der Waals surface area contributed by atoms with Gasteiger partial charge in [-0.05, 0) is 0 Å². The highest BCUT2D eigenvalue weighted by atomic mass is 16.1. The third-order valence-electron chi connectivity index (χ3n) is 0.730. The van der Waals surface area contributed by atoms with Gasteiger partial charge in [-0.25, -0.2) is 0 Å². The van der Waals surface area contributed by atoms with Gasteiger partial charge in [0.25, 0.3) is 0 Å². The molecule has 0 saturated carbocycles. The number of carbonyl (C=O) groups excluding carboxylic acids is 2. The summed E-state index contributed by atoms with van der Waals surface area (Å²) in [5.41, 5.74) is 9.77. The molecule has 0 aromatic heterocycles. The molecule has 5 heteroatoms. The van der Waals surface area contributed by atoms with Gasteiger partial charge in [0.1, 0.15) is 6.29 Å². The van der Waals surface area contributed by atoms with E-state index >= 15 is 0 Å². The lowest BCUT2D eigenvalue weighted by Gasteiger charge is -1.88. The minimum atomic E-state index is -0.466. The average Bonchev–Trinajstić information content (AvgIpc) is 1.82. The van der Waals surface area contributed by atoms with Crippen LogP contribution in [0, 0.1) is 0 Å². The molecular formula is C5H9N3O2. The number of hydrogen-bond donors (Lipinski definition) is 2.